The highest BCUT2D eigenvalue weighted by atomic mass is 16.5. The summed E-state index contributed by atoms with van der Waals surface area (Å²) in [5.74, 6) is -0.483. The van der Waals surface area contributed by atoms with Crippen LogP contribution in [0.5, 0.6) is 11.5 Å². The van der Waals surface area contributed by atoms with Gasteiger partial charge in [-0.25, -0.2) is 0 Å². The summed E-state index contributed by atoms with van der Waals surface area (Å²) in [6, 6.07) is 19.7. The molecule has 6 heteroatoms. The average molecular weight is 500 g/mol. The van der Waals surface area contributed by atoms with Crippen LogP contribution in [0.15, 0.2) is 72.3 Å². The lowest BCUT2D eigenvalue weighted by Crippen LogP contribution is -2.29. The second-order valence-electron chi connectivity index (χ2n) is 10.4. The van der Waals surface area contributed by atoms with Crippen molar-refractivity contribution in [3.63, 3.8) is 0 Å². The number of aliphatic hydroxyl groups excluding tert-OH is 1. The molecule has 1 heterocycles. The molecular formula is C31H33NO5. The third-order valence-electron chi connectivity index (χ3n) is 6.21. The Morgan fingerprint density at radius 1 is 0.946 bits per heavy atom. The molecule has 0 spiro atoms. The minimum Gasteiger partial charge on any atom is -0.507 e. The second kappa shape index (κ2) is 10.1. The lowest BCUT2D eigenvalue weighted by atomic mass is 9.93. The maximum absolute atomic E-state index is 13.4. The van der Waals surface area contributed by atoms with Crippen molar-refractivity contribution in [2.75, 3.05) is 7.11 Å². The maximum atomic E-state index is 13.4. The molecule has 1 fully saturated rings. The number of hydrogen-bond donors (Lipinski definition) is 1. The van der Waals surface area contributed by atoms with Gasteiger partial charge in [0.05, 0.1) is 24.3 Å². The van der Waals surface area contributed by atoms with Crippen LogP contribution in [0.1, 0.15) is 54.6 Å². The number of carbonyl (C=O) groups excluding carboxylic acids is 2. The van der Waals surface area contributed by atoms with Gasteiger partial charge in [0, 0.05) is 6.54 Å². The van der Waals surface area contributed by atoms with Crippen LogP contribution in [0, 0.1) is 13.8 Å². The van der Waals surface area contributed by atoms with E-state index in [0.29, 0.717) is 11.3 Å². The van der Waals surface area contributed by atoms with Crippen molar-refractivity contribution in [3.8, 4) is 11.5 Å². The molecule has 0 bridgehead atoms. The molecule has 1 atom stereocenters. The van der Waals surface area contributed by atoms with Crippen LogP contribution in [0.4, 0.5) is 0 Å². The van der Waals surface area contributed by atoms with Gasteiger partial charge in [-0.05, 0) is 70.0 Å². The van der Waals surface area contributed by atoms with Crippen LogP contribution in [0.25, 0.3) is 5.76 Å². The topological polar surface area (TPSA) is 76.1 Å². The number of likely N-dealkylation sites (tertiary alicyclic amines) is 1. The fourth-order valence-corrected chi connectivity index (χ4v) is 4.59. The van der Waals surface area contributed by atoms with Crippen LogP contribution in [-0.4, -0.2) is 34.4 Å². The molecule has 1 saturated heterocycles. The lowest BCUT2D eigenvalue weighted by Gasteiger charge is -2.26. The van der Waals surface area contributed by atoms with Gasteiger partial charge in [-0.15, -0.1) is 0 Å². The number of hydrogen-bond acceptors (Lipinski definition) is 5. The van der Waals surface area contributed by atoms with Gasteiger partial charge in [0.1, 0.15) is 22.9 Å². The Labute approximate surface area is 218 Å². The summed E-state index contributed by atoms with van der Waals surface area (Å²) in [7, 11) is 1.51. The normalized spacial score (nSPS) is 17.2. The van der Waals surface area contributed by atoms with Gasteiger partial charge >= 0.3 is 0 Å². The molecule has 6 nitrogen and oxygen atoms in total. The summed E-state index contributed by atoms with van der Waals surface area (Å²) < 4.78 is 11.4. The average Bonchev–Trinajstić information content (AvgIpc) is 3.09. The predicted molar refractivity (Wildman–Crippen MR) is 144 cm³/mol. The molecule has 0 aromatic heterocycles. The van der Waals surface area contributed by atoms with Crippen LogP contribution in [0.3, 0.4) is 0 Å². The van der Waals surface area contributed by atoms with Crippen molar-refractivity contribution in [2.24, 2.45) is 0 Å². The van der Waals surface area contributed by atoms with E-state index >= 15 is 0 Å². The number of ether oxygens (including phenoxy) is 2. The minimum atomic E-state index is -0.754. The molecule has 1 unspecified atom stereocenters. The molecule has 3 aromatic carbocycles. The molecule has 1 aliphatic heterocycles. The lowest BCUT2D eigenvalue weighted by molar-refractivity contribution is -0.140. The van der Waals surface area contributed by atoms with Gasteiger partial charge in [0.25, 0.3) is 11.7 Å². The molecule has 1 N–H and O–H groups in total. The SMILES string of the molecule is COc1ccc(C)cc1/C(O)=C1\C(=O)C(=O)N(Cc2ccc(OC(C)(C)C)cc2)C1c1cccc(C)c1. The Bertz CT molecular complexity index is 1370. The number of methoxy groups -OCH3 is 1. The molecule has 37 heavy (non-hydrogen) atoms. The Morgan fingerprint density at radius 2 is 1.62 bits per heavy atom. The largest absolute Gasteiger partial charge is 0.507 e. The van der Waals surface area contributed by atoms with Gasteiger partial charge in [0.2, 0.25) is 0 Å². The van der Waals surface area contributed by atoms with E-state index in [2.05, 4.69) is 0 Å². The molecule has 4 rings (SSSR count). The molecule has 1 amide bonds. The number of aliphatic hydroxyl groups is 1. The summed E-state index contributed by atoms with van der Waals surface area (Å²) in [6.45, 7) is 9.97. The van der Waals surface area contributed by atoms with E-state index < -0.39 is 17.7 Å². The summed E-state index contributed by atoms with van der Waals surface area (Å²) >= 11 is 0. The number of ketones is 1. The molecule has 0 aliphatic carbocycles. The number of aryl methyl sites for hydroxylation is 2. The van der Waals surface area contributed by atoms with E-state index in [-0.39, 0.29) is 23.5 Å². The van der Waals surface area contributed by atoms with Crippen molar-refractivity contribution in [1.29, 1.82) is 0 Å². The first-order chi connectivity index (χ1) is 17.5. The van der Waals surface area contributed by atoms with E-state index in [1.54, 1.807) is 12.1 Å². The summed E-state index contributed by atoms with van der Waals surface area (Å²) in [5, 5.41) is 11.5. The number of Topliss-reactive ketones (excluding diaryl/α,β-unsaturated/α-hetero) is 1. The zero-order chi connectivity index (χ0) is 26.9. The number of amides is 1. The van der Waals surface area contributed by atoms with Crippen molar-refractivity contribution in [3.05, 3.63) is 100 Å². The Morgan fingerprint density at radius 3 is 2.24 bits per heavy atom. The van der Waals surface area contributed by atoms with E-state index in [4.69, 9.17) is 9.47 Å². The molecule has 1 aliphatic rings. The number of carbonyl (C=O) groups is 2. The van der Waals surface area contributed by atoms with Gasteiger partial charge in [-0.2, -0.15) is 0 Å². The van der Waals surface area contributed by atoms with Crippen LogP contribution < -0.4 is 9.47 Å². The van der Waals surface area contributed by atoms with E-state index in [0.717, 1.165) is 28.0 Å². The predicted octanol–water partition coefficient (Wildman–Crippen LogP) is 6.11. The third kappa shape index (κ3) is 5.53. The van der Waals surface area contributed by atoms with Gasteiger partial charge < -0.3 is 19.5 Å². The molecule has 3 aromatic rings. The van der Waals surface area contributed by atoms with Crippen molar-refractivity contribution in [1.82, 2.24) is 4.90 Å². The summed E-state index contributed by atoms with van der Waals surface area (Å²) in [4.78, 5) is 28.3. The van der Waals surface area contributed by atoms with Crippen molar-refractivity contribution < 1.29 is 24.2 Å². The van der Waals surface area contributed by atoms with Gasteiger partial charge in [-0.3, -0.25) is 9.59 Å². The number of rotatable bonds is 6. The number of benzene rings is 3. The summed E-state index contributed by atoms with van der Waals surface area (Å²) in [5.41, 5.74) is 3.56. The third-order valence-corrected chi connectivity index (χ3v) is 6.21. The molecular weight excluding hydrogens is 466 g/mol. The second-order valence-corrected chi connectivity index (χ2v) is 10.4. The van der Waals surface area contributed by atoms with E-state index in [9.17, 15) is 14.7 Å². The Hall–Kier alpha value is -4.06. The smallest absolute Gasteiger partial charge is 0.295 e. The quantitative estimate of drug-likeness (QED) is 0.252. The highest BCUT2D eigenvalue weighted by Gasteiger charge is 2.46. The fourth-order valence-electron chi connectivity index (χ4n) is 4.59. The first kappa shape index (κ1) is 26.0. The van der Waals surface area contributed by atoms with Crippen molar-refractivity contribution >= 4 is 17.4 Å². The van der Waals surface area contributed by atoms with Gasteiger partial charge in [-0.1, -0.05) is 53.6 Å². The molecule has 0 saturated carbocycles. The van der Waals surface area contributed by atoms with Crippen LogP contribution in [0.2, 0.25) is 0 Å². The highest BCUT2D eigenvalue weighted by Crippen LogP contribution is 2.42. The summed E-state index contributed by atoms with van der Waals surface area (Å²) in [6.07, 6.45) is 0. The maximum Gasteiger partial charge on any atom is 0.295 e. The molecule has 0 radical (unpaired) electrons. The number of nitrogens with zero attached hydrogens (tertiary/aromatic N) is 1. The van der Waals surface area contributed by atoms with Crippen LogP contribution >= 0.6 is 0 Å². The van der Waals surface area contributed by atoms with E-state index in [1.807, 2.05) is 89.2 Å². The van der Waals surface area contributed by atoms with Crippen LogP contribution in [-0.2, 0) is 16.1 Å². The molecule has 192 valence electrons. The minimum absolute atomic E-state index is 0.0483. The zero-order valence-electron chi connectivity index (χ0n) is 22.2. The van der Waals surface area contributed by atoms with Crippen molar-refractivity contribution in [2.45, 2.75) is 52.8 Å². The Balaban J connectivity index is 1.81. The fraction of sp³-hybridized carbons (Fsp3) is 0.290. The zero-order valence-corrected chi connectivity index (χ0v) is 22.2. The standard InChI is InChI=1S/C31H33NO5/c1-19-8-7-9-22(16-19)27-26(28(33)24-17-20(2)10-15-25(24)36-6)29(34)30(35)32(27)18-21-11-13-23(14-12-21)37-31(3,4)5/h7-17,27,33H,18H2,1-6H3/b28-26+. The van der Waals surface area contributed by atoms with Gasteiger partial charge in [0.15, 0.2) is 0 Å². The van der Waals surface area contributed by atoms with E-state index in [1.165, 1.54) is 12.0 Å². The first-order valence-corrected chi connectivity index (χ1v) is 12.3. The monoisotopic (exact) mass is 499 g/mol. The first-order valence-electron chi connectivity index (χ1n) is 12.3. The Kier molecular flexibility index (Phi) is 7.12. The highest BCUT2D eigenvalue weighted by molar-refractivity contribution is 6.46.